The molecule has 2 rings (SSSR count). The van der Waals surface area contributed by atoms with Crippen LogP contribution < -0.4 is 0 Å². The highest BCUT2D eigenvalue weighted by Gasteiger charge is 2.14. The number of rotatable bonds is 8. The number of carbonyl (C=O) groups excluding carboxylic acids is 1. The zero-order valence-electron chi connectivity index (χ0n) is 14.6. The molecule has 0 saturated heterocycles. The van der Waals surface area contributed by atoms with Crippen LogP contribution >= 0.6 is 0 Å². The number of aliphatic carboxylic acids is 1. The lowest BCUT2D eigenvalue weighted by Crippen LogP contribution is -2.07. The van der Waals surface area contributed by atoms with E-state index in [1.807, 2.05) is 37.4 Å². The van der Waals surface area contributed by atoms with Crippen molar-refractivity contribution >= 4 is 11.9 Å². The van der Waals surface area contributed by atoms with Gasteiger partial charge < -0.3 is 9.84 Å². The number of hydrogen-bond donors (Lipinski definition) is 1. The second-order valence-corrected chi connectivity index (χ2v) is 6.20. The molecule has 1 N–H and O–H groups in total. The molecule has 0 fully saturated rings. The molecular formula is C20H23NO4. The third-order valence-electron chi connectivity index (χ3n) is 4.10. The summed E-state index contributed by atoms with van der Waals surface area (Å²) in [5.74, 6) is -1.07. The maximum atomic E-state index is 11.6. The number of pyridine rings is 1. The van der Waals surface area contributed by atoms with Crippen LogP contribution in [0.1, 0.15) is 47.9 Å². The number of carboxylic acid groups (broad SMARTS) is 1. The van der Waals surface area contributed by atoms with Crippen molar-refractivity contribution in [3.05, 3.63) is 65.0 Å². The number of benzene rings is 1. The van der Waals surface area contributed by atoms with Gasteiger partial charge in [0.1, 0.15) is 0 Å². The summed E-state index contributed by atoms with van der Waals surface area (Å²) in [6, 6.07) is 10.00. The summed E-state index contributed by atoms with van der Waals surface area (Å²) in [7, 11) is 1.38. The molecule has 0 aliphatic carbocycles. The van der Waals surface area contributed by atoms with E-state index in [1.54, 1.807) is 6.20 Å². The second kappa shape index (κ2) is 8.97. The van der Waals surface area contributed by atoms with Gasteiger partial charge in [-0.05, 0) is 47.1 Å². The Morgan fingerprint density at radius 2 is 1.96 bits per heavy atom. The van der Waals surface area contributed by atoms with Crippen molar-refractivity contribution in [2.45, 2.75) is 38.5 Å². The fourth-order valence-corrected chi connectivity index (χ4v) is 2.76. The van der Waals surface area contributed by atoms with Gasteiger partial charge in [-0.1, -0.05) is 31.2 Å². The molecule has 1 aromatic carbocycles. The number of ether oxygens (including phenoxy) is 1. The molecule has 0 amide bonds. The van der Waals surface area contributed by atoms with Crippen molar-refractivity contribution in [3.63, 3.8) is 0 Å². The maximum absolute atomic E-state index is 11.6. The van der Waals surface area contributed by atoms with Crippen LogP contribution in [0.15, 0.2) is 42.7 Å². The predicted octanol–water partition coefficient (Wildman–Crippen LogP) is 3.36. The number of aryl methyl sites for hydroxylation is 1. The molecule has 1 heterocycles. The zero-order valence-corrected chi connectivity index (χ0v) is 14.6. The monoisotopic (exact) mass is 341 g/mol. The molecule has 0 radical (unpaired) electrons. The van der Waals surface area contributed by atoms with Crippen LogP contribution in [0.2, 0.25) is 0 Å². The van der Waals surface area contributed by atoms with Crippen LogP contribution in [0.4, 0.5) is 0 Å². The van der Waals surface area contributed by atoms with Crippen LogP contribution in [-0.4, -0.2) is 29.1 Å². The third-order valence-corrected chi connectivity index (χ3v) is 4.10. The Kier molecular flexibility index (Phi) is 6.69. The highest BCUT2D eigenvalue weighted by Crippen LogP contribution is 2.24. The van der Waals surface area contributed by atoms with Gasteiger partial charge in [-0.25, -0.2) is 0 Å². The Labute approximate surface area is 147 Å². The first-order chi connectivity index (χ1) is 12.0. The molecule has 2 aromatic rings. The molecule has 132 valence electrons. The fraction of sp³-hybridized carbons (Fsp3) is 0.350. The summed E-state index contributed by atoms with van der Waals surface area (Å²) in [6.07, 6.45) is 5.12. The minimum atomic E-state index is -0.818. The molecule has 25 heavy (non-hydrogen) atoms. The Balaban J connectivity index is 2.27. The highest BCUT2D eigenvalue weighted by molar-refractivity contribution is 5.70. The minimum absolute atomic E-state index is 0.00452. The first-order valence-corrected chi connectivity index (χ1v) is 8.28. The Morgan fingerprint density at radius 1 is 1.20 bits per heavy atom. The highest BCUT2D eigenvalue weighted by atomic mass is 16.5. The fourth-order valence-electron chi connectivity index (χ4n) is 2.76. The first kappa shape index (κ1) is 18.6. The van der Waals surface area contributed by atoms with Crippen molar-refractivity contribution in [3.8, 4) is 0 Å². The van der Waals surface area contributed by atoms with E-state index in [9.17, 15) is 9.59 Å². The van der Waals surface area contributed by atoms with Gasteiger partial charge in [0.15, 0.2) is 0 Å². The first-order valence-electron chi connectivity index (χ1n) is 8.28. The van der Waals surface area contributed by atoms with Crippen molar-refractivity contribution in [2.75, 3.05) is 7.11 Å². The SMILES string of the molecule is COC(=O)CC(C)c1cc(CCC(=O)O)cc(Cc2cccnc2)c1. The lowest BCUT2D eigenvalue weighted by atomic mass is 9.91. The standard InChI is InChI=1S/C20H23NO4/c1-14(8-20(24)25-2)18-11-15(5-6-19(22)23)9-17(12-18)10-16-4-3-7-21-13-16/h3-4,7,9,11-14H,5-6,8,10H2,1-2H3,(H,22,23). The quantitative estimate of drug-likeness (QED) is 0.745. The van der Waals surface area contributed by atoms with Crippen LogP contribution in [0, 0.1) is 0 Å². The Morgan fingerprint density at radius 3 is 2.60 bits per heavy atom. The lowest BCUT2D eigenvalue weighted by Gasteiger charge is -2.15. The van der Waals surface area contributed by atoms with Gasteiger partial charge in [0.05, 0.1) is 13.5 Å². The summed E-state index contributed by atoms with van der Waals surface area (Å²) in [6.45, 7) is 1.97. The normalized spacial score (nSPS) is 11.8. The molecular weight excluding hydrogens is 318 g/mol. The predicted molar refractivity (Wildman–Crippen MR) is 94.5 cm³/mol. The van der Waals surface area contributed by atoms with E-state index in [-0.39, 0.29) is 18.3 Å². The van der Waals surface area contributed by atoms with Gasteiger partial charge >= 0.3 is 11.9 Å². The van der Waals surface area contributed by atoms with E-state index in [0.717, 1.165) is 22.3 Å². The van der Waals surface area contributed by atoms with Crippen LogP contribution in [0.5, 0.6) is 0 Å². The van der Waals surface area contributed by atoms with Crippen LogP contribution in [0.3, 0.4) is 0 Å². The zero-order chi connectivity index (χ0) is 18.2. The summed E-state index contributed by atoms with van der Waals surface area (Å²) in [5, 5.41) is 8.94. The molecule has 5 heteroatoms. The number of esters is 1. The van der Waals surface area contributed by atoms with Gasteiger partial charge in [-0.3, -0.25) is 14.6 Å². The third kappa shape index (κ3) is 6.03. The summed E-state index contributed by atoms with van der Waals surface area (Å²) in [5.41, 5.74) is 4.16. The van der Waals surface area contributed by atoms with Gasteiger partial charge in [-0.2, -0.15) is 0 Å². The molecule has 0 saturated carbocycles. The molecule has 1 unspecified atom stereocenters. The summed E-state index contributed by atoms with van der Waals surface area (Å²) >= 11 is 0. The number of hydrogen-bond acceptors (Lipinski definition) is 4. The molecule has 0 spiro atoms. The van der Waals surface area contributed by atoms with E-state index in [1.165, 1.54) is 7.11 Å². The molecule has 0 bridgehead atoms. The van der Waals surface area contributed by atoms with Crippen LogP contribution in [-0.2, 0) is 27.2 Å². The average molecular weight is 341 g/mol. The van der Waals surface area contributed by atoms with Crippen molar-refractivity contribution < 1.29 is 19.4 Å². The average Bonchev–Trinajstić information content (AvgIpc) is 2.60. The summed E-state index contributed by atoms with van der Waals surface area (Å²) < 4.78 is 4.75. The largest absolute Gasteiger partial charge is 0.481 e. The van der Waals surface area contributed by atoms with Crippen molar-refractivity contribution in [1.29, 1.82) is 0 Å². The number of carboxylic acids is 1. The number of methoxy groups -OCH3 is 1. The molecule has 5 nitrogen and oxygen atoms in total. The maximum Gasteiger partial charge on any atom is 0.306 e. The number of aromatic nitrogens is 1. The topological polar surface area (TPSA) is 76.5 Å². The number of nitrogens with zero attached hydrogens (tertiary/aromatic N) is 1. The Hall–Kier alpha value is -2.69. The van der Waals surface area contributed by atoms with Crippen molar-refractivity contribution in [1.82, 2.24) is 4.98 Å². The van der Waals surface area contributed by atoms with E-state index in [4.69, 9.17) is 9.84 Å². The van der Waals surface area contributed by atoms with Gasteiger partial charge in [0.25, 0.3) is 0 Å². The number of carbonyl (C=O) groups is 2. The molecule has 0 aliphatic rings. The minimum Gasteiger partial charge on any atom is -0.481 e. The smallest absolute Gasteiger partial charge is 0.306 e. The molecule has 0 aliphatic heterocycles. The van der Waals surface area contributed by atoms with E-state index >= 15 is 0 Å². The second-order valence-electron chi connectivity index (χ2n) is 6.20. The van der Waals surface area contributed by atoms with Gasteiger partial charge in [0.2, 0.25) is 0 Å². The van der Waals surface area contributed by atoms with Gasteiger partial charge in [-0.15, -0.1) is 0 Å². The van der Waals surface area contributed by atoms with Gasteiger partial charge in [0, 0.05) is 18.8 Å². The van der Waals surface area contributed by atoms with E-state index < -0.39 is 5.97 Å². The van der Waals surface area contributed by atoms with E-state index in [2.05, 4.69) is 11.1 Å². The Bertz CT molecular complexity index is 728. The van der Waals surface area contributed by atoms with Crippen LogP contribution in [0.25, 0.3) is 0 Å². The summed E-state index contributed by atoms with van der Waals surface area (Å²) in [4.78, 5) is 26.6. The van der Waals surface area contributed by atoms with Crippen molar-refractivity contribution in [2.24, 2.45) is 0 Å². The lowest BCUT2D eigenvalue weighted by molar-refractivity contribution is -0.141. The molecule has 1 aromatic heterocycles. The van der Waals surface area contributed by atoms with E-state index in [0.29, 0.717) is 19.3 Å². The molecule has 1 atom stereocenters.